The Labute approximate surface area is 146 Å². The second kappa shape index (κ2) is 7.67. The van der Waals surface area contributed by atoms with Crippen molar-refractivity contribution in [3.05, 3.63) is 36.0 Å². The van der Waals surface area contributed by atoms with E-state index >= 15 is 0 Å². The molecule has 134 valence electrons. The van der Waals surface area contributed by atoms with Crippen LogP contribution in [-0.4, -0.2) is 59.0 Å². The molecule has 7 nitrogen and oxygen atoms in total. The van der Waals surface area contributed by atoms with Gasteiger partial charge < -0.3 is 25.2 Å². The molecule has 1 aliphatic rings. The van der Waals surface area contributed by atoms with Crippen molar-refractivity contribution in [2.75, 3.05) is 26.7 Å². The van der Waals surface area contributed by atoms with Crippen LogP contribution in [0.15, 0.2) is 30.5 Å². The number of likely N-dealkylation sites (tertiary alicyclic amines) is 1. The number of amides is 1. The van der Waals surface area contributed by atoms with Crippen molar-refractivity contribution in [3.8, 4) is 5.75 Å². The van der Waals surface area contributed by atoms with E-state index in [0.717, 1.165) is 35.1 Å². The van der Waals surface area contributed by atoms with E-state index in [1.165, 1.54) is 4.90 Å². The van der Waals surface area contributed by atoms with Crippen molar-refractivity contribution in [2.45, 2.75) is 25.0 Å². The molecular weight excluding hydrogens is 322 g/mol. The van der Waals surface area contributed by atoms with E-state index in [9.17, 15) is 9.90 Å². The minimum absolute atomic E-state index is 0.216. The SMILES string of the molecule is COc1ccc2nccc(C(O)CNC3CCN(C(=O)O)CC3)c2c1. The fraction of sp³-hybridized carbons (Fsp3) is 0.444. The number of carbonyl (C=O) groups is 1. The molecule has 0 aliphatic carbocycles. The molecule has 0 radical (unpaired) electrons. The molecule has 1 atom stereocenters. The summed E-state index contributed by atoms with van der Waals surface area (Å²) in [7, 11) is 1.61. The highest BCUT2D eigenvalue weighted by molar-refractivity contribution is 5.83. The fourth-order valence-electron chi connectivity index (χ4n) is 3.23. The molecule has 0 saturated carbocycles. The number of hydrogen-bond acceptors (Lipinski definition) is 5. The molecular formula is C18H23N3O4. The van der Waals surface area contributed by atoms with E-state index in [2.05, 4.69) is 10.3 Å². The van der Waals surface area contributed by atoms with Gasteiger partial charge in [0, 0.05) is 37.3 Å². The van der Waals surface area contributed by atoms with E-state index in [-0.39, 0.29) is 6.04 Å². The zero-order chi connectivity index (χ0) is 17.8. The summed E-state index contributed by atoms with van der Waals surface area (Å²) in [5, 5.41) is 23.8. The van der Waals surface area contributed by atoms with E-state index < -0.39 is 12.2 Å². The number of benzene rings is 1. The third kappa shape index (κ3) is 4.00. The lowest BCUT2D eigenvalue weighted by atomic mass is 10.0. The number of nitrogens with one attached hydrogen (secondary N) is 1. The highest BCUT2D eigenvalue weighted by atomic mass is 16.5. The zero-order valence-corrected chi connectivity index (χ0v) is 14.2. The minimum atomic E-state index is -0.865. The Morgan fingerprint density at radius 2 is 2.16 bits per heavy atom. The number of methoxy groups -OCH3 is 1. The minimum Gasteiger partial charge on any atom is -0.497 e. The van der Waals surface area contributed by atoms with Gasteiger partial charge in [-0.1, -0.05) is 0 Å². The van der Waals surface area contributed by atoms with Gasteiger partial charge in [0.15, 0.2) is 0 Å². The number of carboxylic acid groups (broad SMARTS) is 1. The monoisotopic (exact) mass is 345 g/mol. The number of aliphatic hydroxyl groups excluding tert-OH is 1. The highest BCUT2D eigenvalue weighted by Crippen LogP contribution is 2.26. The van der Waals surface area contributed by atoms with Crippen LogP contribution in [-0.2, 0) is 0 Å². The number of rotatable bonds is 5. The van der Waals surface area contributed by atoms with Gasteiger partial charge >= 0.3 is 6.09 Å². The van der Waals surface area contributed by atoms with Crippen molar-refractivity contribution in [3.63, 3.8) is 0 Å². The Kier molecular flexibility index (Phi) is 5.35. The summed E-state index contributed by atoms with van der Waals surface area (Å²) in [6.07, 6.45) is 1.66. The molecule has 1 fully saturated rings. The smallest absolute Gasteiger partial charge is 0.407 e. The average Bonchev–Trinajstić information content (AvgIpc) is 2.65. The number of pyridine rings is 1. The second-order valence-corrected chi connectivity index (χ2v) is 6.25. The van der Waals surface area contributed by atoms with Gasteiger partial charge in [-0.25, -0.2) is 4.79 Å². The molecule has 0 spiro atoms. The van der Waals surface area contributed by atoms with Gasteiger partial charge in [0.2, 0.25) is 0 Å². The van der Waals surface area contributed by atoms with Crippen LogP contribution in [0.4, 0.5) is 4.79 Å². The molecule has 1 amide bonds. The van der Waals surface area contributed by atoms with Crippen molar-refractivity contribution in [1.82, 2.24) is 15.2 Å². The summed E-state index contributed by atoms with van der Waals surface area (Å²) in [6, 6.07) is 7.64. The maximum atomic E-state index is 10.9. The van der Waals surface area contributed by atoms with E-state index in [4.69, 9.17) is 9.84 Å². The lowest BCUT2D eigenvalue weighted by Crippen LogP contribution is -2.45. The average molecular weight is 345 g/mol. The number of aromatic nitrogens is 1. The van der Waals surface area contributed by atoms with Crippen molar-refractivity contribution in [2.24, 2.45) is 0 Å². The van der Waals surface area contributed by atoms with Crippen LogP contribution in [0.2, 0.25) is 0 Å². The normalized spacial score (nSPS) is 16.8. The van der Waals surface area contributed by atoms with Gasteiger partial charge in [-0.05, 0) is 42.7 Å². The quantitative estimate of drug-likeness (QED) is 0.767. The Balaban J connectivity index is 1.65. The third-order valence-electron chi connectivity index (χ3n) is 4.71. The lowest BCUT2D eigenvalue weighted by Gasteiger charge is -2.31. The van der Waals surface area contributed by atoms with Crippen LogP contribution in [0.3, 0.4) is 0 Å². The summed E-state index contributed by atoms with van der Waals surface area (Å²) < 4.78 is 5.26. The third-order valence-corrected chi connectivity index (χ3v) is 4.71. The topological polar surface area (TPSA) is 94.9 Å². The fourth-order valence-corrected chi connectivity index (χ4v) is 3.23. The van der Waals surface area contributed by atoms with Crippen LogP contribution in [0, 0.1) is 0 Å². The number of nitrogens with zero attached hydrogens (tertiary/aromatic N) is 2. The van der Waals surface area contributed by atoms with Crippen molar-refractivity contribution in [1.29, 1.82) is 0 Å². The molecule has 1 unspecified atom stereocenters. The Morgan fingerprint density at radius 1 is 1.40 bits per heavy atom. The largest absolute Gasteiger partial charge is 0.497 e. The first kappa shape index (κ1) is 17.4. The standard InChI is InChI=1S/C18H23N3O4/c1-25-13-2-3-16-15(10-13)14(4-7-19-16)17(22)11-20-12-5-8-21(9-6-12)18(23)24/h2-4,7,10,12,17,20,22H,5-6,8-9,11H2,1H3,(H,23,24). The zero-order valence-electron chi connectivity index (χ0n) is 14.2. The predicted octanol–water partition coefficient (Wildman–Crippen LogP) is 2.01. The Bertz CT molecular complexity index is 744. The molecule has 0 bridgehead atoms. The van der Waals surface area contributed by atoms with Gasteiger partial charge in [-0.15, -0.1) is 0 Å². The van der Waals surface area contributed by atoms with E-state index in [1.807, 2.05) is 24.3 Å². The first-order valence-corrected chi connectivity index (χ1v) is 8.40. The number of fused-ring (bicyclic) bond motifs is 1. The summed E-state index contributed by atoms with van der Waals surface area (Å²) in [6.45, 7) is 1.46. The van der Waals surface area contributed by atoms with Crippen molar-refractivity contribution >= 4 is 17.0 Å². The molecule has 7 heteroatoms. The Morgan fingerprint density at radius 3 is 2.84 bits per heavy atom. The molecule has 3 rings (SSSR count). The number of hydrogen-bond donors (Lipinski definition) is 3. The van der Waals surface area contributed by atoms with Gasteiger partial charge in [0.05, 0.1) is 18.7 Å². The maximum absolute atomic E-state index is 10.9. The molecule has 3 N–H and O–H groups in total. The molecule has 1 aliphatic heterocycles. The van der Waals surface area contributed by atoms with Crippen LogP contribution < -0.4 is 10.1 Å². The predicted molar refractivity (Wildman–Crippen MR) is 93.9 cm³/mol. The maximum Gasteiger partial charge on any atom is 0.407 e. The lowest BCUT2D eigenvalue weighted by molar-refractivity contribution is 0.123. The molecule has 2 heterocycles. The number of ether oxygens (including phenoxy) is 1. The van der Waals surface area contributed by atoms with E-state index in [0.29, 0.717) is 19.6 Å². The number of aliphatic hydroxyl groups is 1. The summed E-state index contributed by atoms with van der Waals surface area (Å²) in [4.78, 5) is 16.7. The summed E-state index contributed by atoms with van der Waals surface area (Å²) in [5.74, 6) is 0.725. The molecule has 2 aromatic rings. The van der Waals surface area contributed by atoms with E-state index in [1.54, 1.807) is 13.3 Å². The molecule has 1 aromatic heterocycles. The Hall–Kier alpha value is -2.38. The van der Waals surface area contributed by atoms with Gasteiger partial charge in [-0.2, -0.15) is 0 Å². The van der Waals surface area contributed by atoms with Gasteiger partial charge in [0.25, 0.3) is 0 Å². The number of piperidine rings is 1. The first-order chi connectivity index (χ1) is 12.1. The van der Waals surface area contributed by atoms with Crippen LogP contribution in [0.5, 0.6) is 5.75 Å². The van der Waals surface area contributed by atoms with Gasteiger partial charge in [-0.3, -0.25) is 4.98 Å². The second-order valence-electron chi connectivity index (χ2n) is 6.25. The molecule has 25 heavy (non-hydrogen) atoms. The first-order valence-electron chi connectivity index (χ1n) is 8.40. The summed E-state index contributed by atoms with van der Waals surface area (Å²) in [5.41, 5.74) is 1.62. The highest BCUT2D eigenvalue weighted by Gasteiger charge is 2.23. The van der Waals surface area contributed by atoms with Crippen LogP contribution in [0.25, 0.3) is 10.9 Å². The van der Waals surface area contributed by atoms with Crippen LogP contribution >= 0.6 is 0 Å². The van der Waals surface area contributed by atoms with Crippen molar-refractivity contribution < 1.29 is 19.7 Å². The van der Waals surface area contributed by atoms with Crippen LogP contribution in [0.1, 0.15) is 24.5 Å². The van der Waals surface area contributed by atoms with Gasteiger partial charge in [0.1, 0.15) is 5.75 Å². The summed E-state index contributed by atoms with van der Waals surface area (Å²) >= 11 is 0. The molecule has 1 aromatic carbocycles. The molecule has 1 saturated heterocycles.